The molecule has 0 radical (unpaired) electrons. The van der Waals surface area contributed by atoms with Crippen LogP contribution in [0.1, 0.15) is 24.5 Å². The molecule has 1 atom stereocenters. The van der Waals surface area contributed by atoms with Crippen LogP contribution in [0.15, 0.2) is 54.6 Å². The molecule has 0 spiro atoms. The highest BCUT2D eigenvalue weighted by molar-refractivity contribution is 5.67. The van der Waals surface area contributed by atoms with Crippen LogP contribution in [-0.4, -0.2) is 30.5 Å². The van der Waals surface area contributed by atoms with E-state index in [-0.39, 0.29) is 13.2 Å². The first-order valence-corrected chi connectivity index (χ1v) is 8.51. The van der Waals surface area contributed by atoms with Crippen LogP contribution in [-0.2, 0) is 17.8 Å². The molecule has 2 N–H and O–H groups in total. The fraction of sp³-hybridized carbons (Fsp3) is 0.350. The summed E-state index contributed by atoms with van der Waals surface area (Å²) in [5.41, 5.74) is 1.92. The van der Waals surface area contributed by atoms with E-state index in [1.807, 2.05) is 54.6 Å². The Balaban J connectivity index is 1.79. The molecule has 1 unspecified atom stereocenters. The lowest BCUT2D eigenvalue weighted by molar-refractivity contribution is 0.129. The number of hydrogen-bond acceptors (Lipinski definition) is 4. The predicted molar refractivity (Wildman–Crippen MR) is 96.6 cm³/mol. The van der Waals surface area contributed by atoms with Crippen LogP contribution in [0, 0.1) is 0 Å². The first-order chi connectivity index (χ1) is 12.2. The van der Waals surface area contributed by atoms with E-state index in [1.165, 1.54) is 0 Å². The molecule has 0 aromatic heterocycles. The maximum absolute atomic E-state index is 11.9. The second kappa shape index (κ2) is 10.4. The third-order valence-electron chi connectivity index (χ3n) is 3.63. The quantitative estimate of drug-likeness (QED) is 0.733. The van der Waals surface area contributed by atoms with Gasteiger partial charge in [0.2, 0.25) is 0 Å². The number of nitrogens with one attached hydrogen (secondary N) is 1. The Morgan fingerprint density at radius 2 is 1.80 bits per heavy atom. The Morgan fingerprint density at radius 1 is 1.08 bits per heavy atom. The molecule has 0 bridgehead atoms. The van der Waals surface area contributed by atoms with Gasteiger partial charge in [-0.1, -0.05) is 49.4 Å². The van der Waals surface area contributed by atoms with Gasteiger partial charge in [0.15, 0.2) is 0 Å². The standard InChI is InChI=1S/C20H25NO4/c1-2-12-24-19-10-8-16(9-11-19)13-18(14-22)21-20(23)25-15-17-6-4-3-5-7-17/h3-11,18,22H,2,12-15H2,1H3,(H,21,23). The number of aliphatic hydroxyl groups is 1. The largest absolute Gasteiger partial charge is 0.494 e. The van der Waals surface area contributed by atoms with Gasteiger partial charge in [0.25, 0.3) is 0 Å². The molecule has 0 aliphatic heterocycles. The average Bonchev–Trinajstić information content (AvgIpc) is 2.66. The maximum Gasteiger partial charge on any atom is 0.407 e. The predicted octanol–water partition coefficient (Wildman–Crippen LogP) is 3.31. The van der Waals surface area contributed by atoms with Gasteiger partial charge in [0.05, 0.1) is 19.3 Å². The number of carbonyl (C=O) groups is 1. The number of hydrogen-bond donors (Lipinski definition) is 2. The van der Waals surface area contributed by atoms with Crippen molar-refractivity contribution in [1.82, 2.24) is 5.32 Å². The molecule has 5 nitrogen and oxygen atoms in total. The van der Waals surface area contributed by atoms with Crippen molar-refractivity contribution in [1.29, 1.82) is 0 Å². The summed E-state index contributed by atoms with van der Waals surface area (Å²) in [5.74, 6) is 0.821. The SMILES string of the molecule is CCCOc1ccc(CC(CO)NC(=O)OCc2ccccc2)cc1. The second-order valence-corrected chi connectivity index (χ2v) is 5.78. The summed E-state index contributed by atoms with van der Waals surface area (Å²) in [4.78, 5) is 11.9. The molecule has 0 saturated carbocycles. The summed E-state index contributed by atoms with van der Waals surface area (Å²) in [5, 5.41) is 12.2. The molecule has 0 heterocycles. The molecule has 0 fully saturated rings. The van der Waals surface area contributed by atoms with Crippen LogP contribution in [0.25, 0.3) is 0 Å². The van der Waals surface area contributed by atoms with Crippen molar-refractivity contribution in [3.63, 3.8) is 0 Å². The molecule has 5 heteroatoms. The van der Waals surface area contributed by atoms with E-state index in [0.717, 1.165) is 23.3 Å². The summed E-state index contributed by atoms with van der Waals surface area (Å²) in [6, 6.07) is 16.7. The minimum Gasteiger partial charge on any atom is -0.494 e. The van der Waals surface area contributed by atoms with E-state index in [2.05, 4.69) is 12.2 Å². The van der Waals surface area contributed by atoms with Gasteiger partial charge in [-0.25, -0.2) is 4.79 Å². The maximum atomic E-state index is 11.9. The van der Waals surface area contributed by atoms with Gasteiger partial charge >= 0.3 is 6.09 Å². The van der Waals surface area contributed by atoms with Gasteiger partial charge in [-0.3, -0.25) is 0 Å². The number of benzene rings is 2. The minimum absolute atomic E-state index is 0.158. The third kappa shape index (κ3) is 6.85. The Labute approximate surface area is 148 Å². The van der Waals surface area contributed by atoms with Gasteiger partial charge in [-0.15, -0.1) is 0 Å². The van der Waals surface area contributed by atoms with Crippen LogP contribution in [0.5, 0.6) is 5.75 Å². The van der Waals surface area contributed by atoms with Gasteiger partial charge in [0, 0.05) is 0 Å². The summed E-state index contributed by atoms with van der Waals surface area (Å²) >= 11 is 0. The molecule has 1 amide bonds. The van der Waals surface area contributed by atoms with E-state index >= 15 is 0 Å². The molecule has 2 rings (SSSR count). The molecular weight excluding hydrogens is 318 g/mol. The van der Waals surface area contributed by atoms with Crippen molar-refractivity contribution in [2.75, 3.05) is 13.2 Å². The average molecular weight is 343 g/mol. The number of amides is 1. The van der Waals surface area contributed by atoms with Crippen molar-refractivity contribution in [3.8, 4) is 5.75 Å². The van der Waals surface area contributed by atoms with Crippen molar-refractivity contribution in [2.45, 2.75) is 32.4 Å². The van der Waals surface area contributed by atoms with E-state index in [0.29, 0.717) is 13.0 Å². The summed E-state index contributed by atoms with van der Waals surface area (Å²) in [6.45, 7) is 2.79. The van der Waals surface area contributed by atoms with Gasteiger partial charge in [-0.2, -0.15) is 0 Å². The fourth-order valence-electron chi connectivity index (χ4n) is 2.32. The van der Waals surface area contributed by atoms with E-state index in [4.69, 9.17) is 9.47 Å². The third-order valence-corrected chi connectivity index (χ3v) is 3.63. The highest BCUT2D eigenvalue weighted by Crippen LogP contribution is 2.14. The van der Waals surface area contributed by atoms with Crippen LogP contribution < -0.4 is 10.1 Å². The van der Waals surface area contributed by atoms with Crippen LogP contribution in [0.3, 0.4) is 0 Å². The van der Waals surface area contributed by atoms with Crippen molar-refractivity contribution in [2.24, 2.45) is 0 Å². The van der Waals surface area contributed by atoms with E-state index < -0.39 is 12.1 Å². The Bertz CT molecular complexity index is 628. The van der Waals surface area contributed by atoms with Gasteiger partial charge < -0.3 is 19.9 Å². The van der Waals surface area contributed by atoms with E-state index in [1.54, 1.807) is 0 Å². The molecular formula is C20H25NO4. The highest BCUT2D eigenvalue weighted by Gasteiger charge is 2.13. The number of rotatable bonds is 9. The van der Waals surface area contributed by atoms with Crippen LogP contribution in [0.2, 0.25) is 0 Å². The zero-order valence-electron chi connectivity index (χ0n) is 14.5. The zero-order valence-corrected chi connectivity index (χ0v) is 14.5. The topological polar surface area (TPSA) is 67.8 Å². The highest BCUT2D eigenvalue weighted by atomic mass is 16.5. The minimum atomic E-state index is -0.536. The Hall–Kier alpha value is -2.53. The first-order valence-electron chi connectivity index (χ1n) is 8.51. The Morgan fingerprint density at radius 3 is 2.44 bits per heavy atom. The molecule has 0 aliphatic rings. The van der Waals surface area contributed by atoms with E-state index in [9.17, 15) is 9.90 Å². The molecule has 0 saturated heterocycles. The molecule has 25 heavy (non-hydrogen) atoms. The first kappa shape index (κ1) is 18.8. The fourth-order valence-corrected chi connectivity index (χ4v) is 2.32. The molecule has 2 aromatic rings. The summed E-state index contributed by atoms with van der Waals surface area (Å²) < 4.78 is 10.7. The second-order valence-electron chi connectivity index (χ2n) is 5.78. The van der Waals surface area contributed by atoms with Crippen LogP contribution >= 0.6 is 0 Å². The lowest BCUT2D eigenvalue weighted by Crippen LogP contribution is -2.39. The lowest BCUT2D eigenvalue weighted by Gasteiger charge is -2.16. The number of aliphatic hydroxyl groups excluding tert-OH is 1. The number of ether oxygens (including phenoxy) is 2. The summed E-state index contributed by atoms with van der Waals surface area (Å²) in [6.07, 6.45) is 0.944. The monoisotopic (exact) mass is 343 g/mol. The molecule has 0 aliphatic carbocycles. The van der Waals surface area contributed by atoms with Crippen molar-refractivity contribution in [3.05, 3.63) is 65.7 Å². The van der Waals surface area contributed by atoms with Crippen molar-refractivity contribution >= 4 is 6.09 Å². The van der Waals surface area contributed by atoms with Crippen molar-refractivity contribution < 1.29 is 19.4 Å². The molecule has 134 valence electrons. The lowest BCUT2D eigenvalue weighted by atomic mass is 10.1. The number of carbonyl (C=O) groups excluding carboxylic acids is 1. The summed E-state index contributed by atoms with van der Waals surface area (Å²) in [7, 11) is 0. The Kier molecular flexibility index (Phi) is 7.79. The van der Waals surface area contributed by atoms with Crippen LogP contribution in [0.4, 0.5) is 4.79 Å². The number of alkyl carbamates (subject to hydrolysis) is 1. The molecule has 2 aromatic carbocycles. The normalized spacial score (nSPS) is 11.6. The van der Waals surface area contributed by atoms with Gasteiger partial charge in [-0.05, 0) is 36.1 Å². The smallest absolute Gasteiger partial charge is 0.407 e. The zero-order chi connectivity index (χ0) is 17.9. The van der Waals surface area contributed by atoms with Gasteiger partial charge in [0.1, 0.15) is 12.4 Å².